The Bertz CT molecular complexity index is 519. The second-order valence-corrected chi connectivity index (χ2v) is 3.89. The largest absolute Gasteiger partial charge is 0.347 e. The highest BCUT2D eigenvalue weighted by Crippen LogP contribution is 2.15. The van der Waals surface area contributed by atoms with E-state index in [0.717, 1.165) is 5.52 Å². The Morgan fingerprint density at radius 3 is 2.88 bits per heavy atom. The summed E-state index contributed by atoms with van der Waals surface area (Å²) >= 11 is 0. The lowest BCUT2D eigenvalue weighted by Gasteiger charge is -2.13. The van der Waals surface area contributed by atoms with Crippen LogP contribution in [0, 0.1) is 0 Å². The summed E-state index contributed by atoms with van der Waals surface area (Å²) < 4.78 is 2.08. The molecule has 17 heavy (non-hydrogen) atoms. The number of nitrogens with zero attached hydrogens (tertiary/aromatic N) is 2. The number of hydrogen-bond donors (Lipinski definition) is 0. The lowest BCUT2D eigenvalue weighted by Crippen LogP contribution is -2.26. The second-order valence-electron chi connectivity index (χ2n) is 3.89. The van der Waals surface area contributed by atoms with Crippen LogP contribution in [0.1, 0.15) is 6.42 Å². The van der Waals surface area contributed by atoms with Crippen LogP contribution in [0.4, 0.5) is 0 Å². The van der Waals surface area contributed by atoms with Gasteiger partial charge in [-0.2, -0.15) is 0 Å². The minimum Gasteiger partial charge on any atom is -0.347 e. The van der Waals surface area contributed by atoms with Crippen molar-refractivity contribution in [3.63, 3.8) is 0 Å². The molecule has 1 heterocycles. The number of carbonyl (C=O) groups excluding carboxylic acids is 1. The summed E-state index contributed by atoms with van der Waals surface area (Å²) in [6, 6.07) is 10.2. The predicted octanol–water partition coefficient (Wildman–Crippen LogP) is 2.05. The molecule has 2 aromatic rings. The molecule has 4 nitrogen and oxygen atoms in total. The van der Waals surface area contributed by atoms with Gasteiger partial charge in [-0.25, -0.2) is 5.06 Å². The van der Waals surface area contributed by atoms with Gasteiger partial charge in [0.25, 0.3) is 0 Å². The van der Waals surface area contributed by atoms with Crippen molar-refractivity contribution >= 4 is 16.8 Å². The molecule has 1 aromatic heterocycles. The minimum atomic E-state index is -0.0229. The molecule has 0 aliphatic heterocycles. The summed E-state index contributed by atoms with van der Waals surface area (Å²) in [6.07, 6.45) is 2.44. The lowest BCUT2D eigenvalue weighted by atomic mass is 10.2. The molecule has 0 fully saturated rings. The van der Waals surface area contributed by atoms with Crippen LogP contribution in [0.15, 0.2) is 36.5 Å². The fraction of sp³-hybridized carbons (Fsp3) is 0.308. The van der Waals surface area contributed by atoms with Crippen molar-refractivity contribution < 1.29 is 9.63 Å². The average molecular weight is 232 g/mol. The lowest BCUT2D eigenvalue weighted by molar-refractivity contribution is -0.168. The summed E-state index contributed by atoms with van der Waals surface area (Å²) in [6.45, 7) is 0.667. The Balaban J connectivity index is 2.07. The van der Waals surface area contributed by atoms with E-state index in [0.29, 0.717) is 13.0 Å². The molecule has 0 atom stereocenters. The number of para-hydroxylation sites is 1. The van der Waals surface area contributed by atoms with Crippen molar-refractivity contribution in [3.8, 4) is 0 Å². The number of hydroxylamine groups is 2. The van der Waals surface area contributed by atoms with E-state index < -0.39 is 0 Å². The molecular formula is C13H16N2O2. The van der Waals surface area contributed by atoms with Crippen molar-refractivity contribution in [1.29, 1.82) is 0 Å². The quantitative estimate of drug-likeness (QED) is 0.756. The van der Waals surface area contributed by atoms with Crippen LogP contribution in [0.25, 0.3) is 10.9 Å². The summed E-state index contributed by atoms with van der Waals surface area (Å²) in [4.78, 5) is 16.4. The van der Waals surface area contributed by atoms with E-state index in [9.17, 15) is 4.79 Å². The number of aromatic nitrogens is 1. The van der Waals surface area contributed by atoms with Crippen LogP contribution >= 0.6 is 0 Å². The highest BCUT2D eigenvalue weighted by molar-refractivity contribution is 5.80. The maximum absolute atomic E-state index is 11.6. The Kier molecular flexibility index (Phi) is 3.44. The first-order chi connectivity index (χ1) is 8.22. The highest BCUT2D eigenvalue weighted by atomic mass is 16.7. The first kappa shape index (κ1) is 11.7. The van der Waals surface area contributed by atoms with Crippen molar-refractivity contribution in [2.24, 2.45) is 0 Å². The number of hydrogen-bond acceptors (Lipinski definition) is 2. The van der Waals surface area contributed by atoms with Gasteiger partial charge in [-0.05, 0) is 17.5 Å². The highest BCUT2D eigenvalue weighted by Gasteiger charge is 2.08. The molecule has 0 spiro atoms. The predicted molar refractivity (Wildman–Crippen MR) is 66.3 cm³/mol. The van der Waals surface area contributed by atoms with E-state index in [1.807, 2.05) is 18.3 Å². The van der Waals surface area contributed by atoms with E-state index >= 15 is 0 Å². The molecule has 0 bridgehead atoms. The van der Waals surface area contributed by atoms with Crippen LogP contribution in [0.3, 0.4) is 0 Å². The van der Waals surface area contributed by atoms with E-state index in [1.54, 1.807) is 7.05 Å². The molecule has 0 unspecified atom stereocenters. The van der Waals surface area contributed by atoms with Crippen molar-refractivity contribution in [2.45, 2.75) is 13.0 Å². The smallest absolute Gasteiger partial charge is 0.247 e. The zero-order chi connectivity index (χ0) is 12.3. The van der Waals surface area contributed by atoms with Gasteiger partial charge in [0.1, 0.15) is 0 Å². The molecule has 0 aliphatic rings. The van der Waals surface area contributed by atoms with Gasteiger partial charge in [0.2, 0.25) is 5.91 Å². The Hall–Kier alpha value is -1.81. The van der Waals surface area contributed by atoms with Gasteiger partial charge in [-0.3, -0.25) is 9.63 Å². The second kappa shape index (κ2) is 5.01. The Morgan fingerprint density at radius 1 is 1.35 bits per heavy atom. The molecule has 1 amide bonds. The maximum Gasteiger partial charge on any atom is 0.247 e. The fourth-order valence-electron chi connectivity index (χ4n) is 1.81. The number of benzene rings is 1. The van der Waals surface area contributed by atoms with Crippen molar-refractivity contribution in [2.75, 3.05) is 14.2 Å². The topological polar surface area (TPSA) is 34.5 Å². The van der Waals surface area contributed by atoms with Gasteiger partial charge in [-0.1, -0.05) is 18.2 Å². The third-order valence-electron chi connectivity index (χ3n) is 2.87. The molecule has 0 N–H and O–H groups in total. The molecule has 1 aromatic carbocycles. The number of rotatable bonds is 4. The Morgan fingerprint density at radius 2 is 2.12 bits per heavy atom. The zero-order valence-corrected chi connectivity index (χ0v) is 10.1. The van der Waals surface area contributed by atoms with Crippen molar-refractivity contribution in [1.82, 2.24) is 9.63 Å². The van der Waals surface area contributed by atoms with Gasteiger partial charge >= 0.3 is 0 Å². The van der Waals surface area contributed by atoms with E-state index in [-0.39, 0.29) is 5.91 Å². The first-order valence-electron chi connectivity index (χ1n) is 5.57. The van der Waals surface area contributed by atoms with Crippen molar-refractivity contribution in [3.05, 3.63) is 36.5 Å². The molecule has 0 radical (unpaired) electrons. The van der Waals surface area contributed by atoms with Crippen LogP contribution in [0.5, 0.6) is 0 Å². The van der Waals surface area contributed by atoms with E-state index in [1.165, 1.54) is 17.6 Å². The summed E-state index contributed by atoms with van der Waals surface area (Å²) in [5.74, 6) is -0.0229. The summed E-state index contributed by atoms with van der Waals surface area (Å²) in [7, 11) is 3.11. The molecule has 0 aliphatic carbocycles. The standard InChI is InChI=1S/C13H16N2O2/c1-14(17-2)13(16)8-10-15-9-7-11-5-3-4-6-12(11)15/h3-7,9H,8,10H2,1-2H3. The normalized spacial score (nSPS) is 10.7. The maximum atomic E-state index is 11.6. The number of amides is 1. The van der Waals surface area contributed by atoms with Gasteiger partial charge in [-0.15, -0.1) is 0 Å². The zero-order valence-electron chi connectivity index (χ0n) is 10.1. The number of fused-ring (bicyclic) bond motifs is 1. The summed E-state index contributed by atoms with van der Waals surface area (Å²) in [5, 5.41) is 2.45. The van der Waals surface area contributed by atoms with Gasteiger partial charge in [0, 0.05) is 31.7 Å². The molecule has 2 rings (SSSR count). The van der Waals surface area contributed by atoms with Gasteiger partial charge in [0.15, 0.2) is 0 Å². The SMILES string of the molecule is CON(C)C(=O)CCn1ccc2ccccc21. The average Bonchev–Trinajstić information content (AvgIpc) is 2.78. The fourth-order valence-corrected chi connectivity index (χ4v) is 1.81. The minimum absolute atomic E-state index is 0.0229. The number of carbonyl (C=O) groups is 1. The van der Waals surface area contributed by atoms with E-state index in [2.05, 4.69) is 22.8 Å². The number of aryl methyl sites for hydroxylation is 1. The monoisotopic (exact) mass is 232 g/mol. The van der Waals surface area contributed by atoms with Gasteiger partial charge < -0.3 is 4.57 Å². The molecular weight excluding hydrogens is 216 g/mol. The first-order valence-corrected chi connectivity index (χ1v) is 5.57. The molecule has 4 heteroatoms. The van der Waals surface area contributed by atoms with Crippen LogP contribution in [0.2, 0.25) is 0 Å². The third kappa shape index (κ3) is 2.47. The van der Waals surface area contributed by atoms with Gasteiger partial charge in [0.05, 0.1) is 7.11 Å². The van der Waals surface area contributed by atoms with Crippen LogP contribution in [-0.2, 0) is 16.2 Å². The summed E-state index contributed by atoms with van der Waals surface area (Å²) in [5.41, 5.74) is 1.15. The molecule has 0 saturated heterocycles. The Labute approximate surface area is 100 Å². The van der Waals surface area contributed by atoms with Crippen LogP contribution < -0.4 is 0 Å². The van der Waals surface area contributed by atoms with Crippen LogP contribution in [-0.4, -0.2) is 29.7 Å². The molecule has 90 valence electrons. The van der Waals surface area contributed by atoms with E-state index in [4.69, 9.17) is 4.84 Å². The molecule has 0 saturated carbocycles. The third-order valence-corrected chi connectivity index (χ3v) is 2.87.